The Morgan fingerprint density at radius 1 is 1.19 bits per heavy atom. The zero-order chi connectivity index (χ0) is 14.7. The molecule has 1 atom stereocenters. The fourth-order valence-corrected chi connectivity index (χ4v) is 2.68. The van der Waals surface area contributed by atoms with E-state index in [1.54, 1.807) is 6.20 Å². The summed E-state index contributed by atoms with van der Waals surface area (Å²) in [5.74, 6) is 1.03. The number of hydrogen-bond donors (Lipinski definition) is 1. The molecule has 3 heteroatoms. The van der Waals surface area contributed by atoms with Gasteiger partial charge in [-0.25, -0.2) is 0 Å². The molecule has 2 heterocycles. The van der Waals surface area contributed by atoms with Gasteiger partial charge in [0, 0.05) is 17.8 Å². The van der Waals surface area contributed by atoms with Gasteiger partial charge in [0.25, 0.3) is 0 Å². The van der Waals surface area contributed by atoms with Crippen molar-refractivity contribution in [2.24, 2.45) is 0 Å². The lowest BCUT2D eigenvalue weighted by molar-refractivity contribution is 0.450. The van der Waals surface area contributed by atoms with E-state index in [1.165, 1.54) is 16.5 Å². The molecule has 0 aliphatic carbocycles. The van der Waals surface area contributed by atoms with E-state index >= 15 is 0 Å². The number of benzene rings is 1. The first kappa shape index (κ1) is 13.8. The Kier molecular flexibility index (Phi) is 4.02. The predicted octanol–water partition coefficient (Wildman–Crippen LogP) is 4.03. The van der Waals surface area contributed by atoms with Crippen LogP contribution in [-0.4, -0.2) is 11.5 Å². The maximum atomic E-state index is 5.99. The van der Waals surface area contributed by atoms with Crippen molar-refractivity contribution in [3.8, 4) is 0 Å². The van der Waals surface area contributed by atoms with Crippen LogP contribution in [0, 0.1) is 6.92 Å². The second kappa shape index (κ2) is 6.10. The minimum atomic E-state index is 0.203. The Morgan fingerprint density at radius 2 is 2.05 bits per heavy atom. The molecule has 1 aromatic carbocycles. The van der Waals surface area contributed by atoms with Crippen LogP contribution >= 0.6 is 0 Å². The lowest BCUT2D eigenvalue weighted by Gasteiger charge is -2.12. The highest BCUT2D eigenvalue weighted by molar-refractivity contribution is 5.82. The molecular formula is C18H20N2O. The molecule has 1 unspecified atom stereocenters. The van der Waals surface area contributed by atoms with Gasteiger partial charge in [0.15, 0.2) is 0 Å². The fourth-order valence-electron chi connectivity index (χ4n) is 2.68. The van der Waals surface area contributed by atoms with Crippen molar-refractivity contribution in [3.63, 3.8) is 0 Å². The van der Waals surface area contributed by atoms with Crippen LogP contribution in [0.1, 0.15) is 29.9 Å². The first-order valence-electron chi connectivity index (χ1n) is 7.36. The molecule has 3 rings (SSSR count). The van der Waals surface area contributed by atoms with Crippen LogP contribution in [0.15, 0.2) is 53.2 Å². The van der Waals surface area contributed by atoms with Gasteiger partial charge < -0.3 is 9.73 Å². The molecule has 0 radical (unpaired) electrons. The summed E-state index contributed by atoms with van der Waals surface area (Å²) in [7, 11) is 0. The number of para-hydroxylation sites is 1. The average Bonchev–Trinajstić information content (AvgIpc) is 2.86. The van der Waals surface area contributed by atoms with Crippen LogP contribution in [-0.2, 0) is 6.42 Å². The van der Waals surface area contributed by atoms with E-state index in [9.17, 15) is 0 Å². The Bertz CT molecular complexity index is 718. The summed E-state index contributed by atoms with van der Waals surface area (Å²) in [6.45, 7) is 5.18. The molecule has 0 amide bonds. The Morgan fingerprint density at radius 3 is 2.81 bits per heavy atom. The minimum Gasteiger partial charge on any atom is -0.459 e. The van der Waals surface area contributed by atoms with Crippen molar-refractivity contribution in [1.29, 1.82) is 0 Å². The van der Waals surface area contributed by atoms with Crippen LogP contribution in [0.4, 0.5) is 0 Å². The first-order valence-corrected chi connectivity index (χ1v) is 7.36. The molecule has 3 nitrogen and oxygen atoms in total. The van der Waals surface area contributed by atoms with E-state index < -0.39 is 0 Å². The standard InChI is InChI=1S/C18H20N2O/c1-13-16-7-3-4-8-17(16)21-18(13)14(2)20-11-9-15-6-5-10-19-12-15/h3-8,10,12,14,20H,9,11H2,1-2H3. The van der Waals surface area contributed by atoms with E-state index in [1.807, 2.05) is 24.4 Å². The Hall–Kier alpha value is -2.13. The summed E-state index contributed by atoms with van der Waals surface area (Å²) in [5.41, 5.74) is 3.44. The third-order valence-corrected chi connectivity index (χ3v) is 3.86. The van der Waals surface area contributed by atoms with Gasteiger partial charge in [-0.2, -0.15) is 0 Å². The van der Waals surface area contributed by atoms with Crippen molar-refractivity contribution >= 4 is 11.0 Å². The van der Waals surface area contributed by atoms with Crippen LogP contribution in [0.5, 0.6) is 0 Å². The lowest BCUT2D eigenvalue weighted by atomic mass is 10.1. The van der Waals surface area contributed by atoms with Crippen molar-refractivity contribution in [2.45, 2.75) is 26.3 Å². The van der Waals surface area contributed by atoms with Gasteiger partial charge in [0.1, 0.15) is 11.3 Å². The van der Waals surface area contributed by atoms with Crippen LogP contribution in [0.25, 0.3) is 11.0 Å². The number of aryl methyl sites for hydroxylation is 1. The van der Waals surface area contributed by atoms with Gasteiger partial charge in [0.2, 0.25) is 0 Å². The number of nitrogens with zero attached hydrogens (tertiary/aromatic N) is 1. The Balaban J connectivity index is 1.67. The second-order valence-corrected chi connectivity index (χ2v) is 5.37. The van der Waals surface area contributed by atoms with Gasteiger partial charge in [-0.3, -0.25) is 4.98 Å². The van der Waals surface area contributed by atoms with Gasteiger partial charge in [0.05, 0.1) is 6.04 Å². The quantitative estimate of drug-likeness (QED) is 0.766. The molecular weight excluding hydrogens is 260 g/mol. The summed E-state index contributed by atoms with van der Waals surface area (Å²) in [4.78, 5) is 4.14. The largest absolute Gasteiger partial charge is 0.459 e. The van der Waals surface area contributed by atoms with Crippen molar-refractivity contribution in [1.82, 2.24) is 10.3 Å². The number of aromatic nitrogens is 1. The molecule has 1 N–H and O–H groups in total. The van der Waals surface area contributed by atoms with Gasteiger partial charge in [-0.05, 0) is 50.1 Å². The summed E-state index contributed by atoms with van der Waals surface area (Å²) < 4.78 is 5.99. The molecule has 0 bridgehead atoms. The normalized spacial score (nSPS) is 12.7. The van der Waals surface area contributed by atoms with Crippen molar-refractivity contribution in [2.75, 3.05) is 6.54 Å². The molecule has 0 spiro atoms. The molecule has 108 valence electrons. The monoisotopic (exact) mass is 280 g/mol. The Labute approximate surface area is 125 Å². The lowest BCUT2D eigenvalue weighted by Crippen LogP contribution is -2.21. The van der Waals surface area contributed by atoms with Gasteiger partial charge in [-0.15, -0.1) is 0 Å². The maximum absolute atomic E-state index is 5.99. The third kappa shape index (κ3) is 2.98. The van der Waals surface area contributed by atoms with E-state index in [0.29, 0.717) is 0 Å². The van der Waals surface area contributed by atoms with Crippen LogP contribution in [0.3, 0.4) is 0 Å². The molecule has 0 aliphatic heterocycles. The molecule has 0 saturated carbocycles. The SMILES string of the molecule is Cc1c(C(C)NCCc2cccnc2)oc2ccccc12. The number of hydrogen-bond acceptors (Lipinski definition) is 3. The van der Waals surface area contributed by atoms with Crippen molar-refractivity contribution < 1.29 is 4.42 Å². The van der Waals surface area contributed by atoms with Gasteiger partial charge in [-0.1, -0.05) is 24.3 Å². The van der Waals surface area contributed by atoms with E-state index in [4.69, 9.17) is 4.42 Å². The first-order chi connectivity index (χ1) is 10.3. The van der Waals surface area contributed by atoms with E-state index in [0.717, 1.165) is 24.3 Å². The van der Waals surface area contributed by atoms with E-state index in [-0.39, 0.29) is 6.04 Å². The molecule has 0 saturated heterocycles. The zero-order valence-electron chi connectivity index (χ0n) is 12.5. The molecule has 21 heavy (non-hydrogen) atoms. The number of pyridine rings is 1. The smallest absolute Gasteiger partial charge is 0.134 e. The third-order valence-electron chi connectivity index (χ3n) is 3.86. The highest BCUT2D eigenvalue weighted by Crippen LogP contribution is 2.28. The van der Waals surface area contributed by atoms with Crippen molar-refractivity contribution in [3.05, 3.63) is 65.7 Å². The fraction of sp³-hybridized carbons (Fsp3) is 0.278. The summed E-state index contributed by atoms with van der Waals surface area (Å²) in [6, 6.07) is 12.5. The highest BCUT2D eigenvalue weighted by Gasteiger charge is 2.15. The molecule has 0 aliphatic rings. The van der Waals surface area contributed by atoms with Crippen LogP contribution < -0.4 is 5.32 Å². The molecule has 0 fully saturated rings. The number of nitrogens with one attached hydrogen (secondary N) is 1. The maximum Gasteiger partial charge on any atom is 0.134 e. The average molecular weight is 280 g/mol. The molecule has 3 aromatic rings. The molecule has 2 aromatic heterocycles. The number of furan rings is 1. The van der Waals surface area contributed by atoms with Crippen LogP contribution in [0.2, 0.25) is 0 Å². The predicted molar refractivity (Wildman–Crippen MR) is 85.3 cm³/mol. The number of fused-ring (bicyclic) bond motifs is 1. The second-order valence-electron chi connectivity index (χ2n) is 5.37. The van der Waals surface area contributed by atoms with Gasteiger partial charge >= 0.3 is 0 Å². The summed E-state index contributed by atoms with van der Waals surface area (Å²) >= 11 is 0. The zero-order valence-corrected chi connectivity index (χ0v) is 12.5. The summed E-state index contributed by atoms with van der Waals surface area (Å²) in [5, 5.41) is 4.73. The highest BCUT2D eigenvalue weighted by atomic mass is 16.3. The van der Waals surface area contributed by atoms with E-state index in [2.05, 4.69) is 42.3 Å². The summed E-state index contributed by atoms with van der Waals surface area (Å²) in [6.07, 6.45) is 4.69. The minimum absolute atomic E-state index is 0.203. The number of rotatable bonds is 5. The topological polar surface area (TPSA) is 38.1 Å².